The highest BCUT2D eigenvalue weighted by Crippen LogP contribution is 2.22. The fourth-order valence-electron chi connectivity index (χ4n) is 3.06. The van der Waals surface area contributed by atoms with Crippen molar-refractivity contribution in [1.82, 2.24) is 15.3 Å². The molecule has 0 aliphatic rings. The number of aromatic nitrogens is 2. The molecule has 2 N–H and O–H groups in total. The van der Waals surface area contributed by atoms with Crippen LogP contribution in [0.4, 0.5) is 10.5 Å². The highest BCUT2D eigenvalue weighted by atomic mass is 32.2. The van der Waals surface area contributed by atoms with Gasteiger partial charge in [0.05, 0.1) is 10.7 Å². The Morgan fingerprint density at radius 1 is 1.06 bits per heavy atom. The van der Waals surface area contributed by atoms with Gasteiger partial charge in [0.1, 0.15) is 6.26 Å². The van der Waals surface area contributed by atoms with Gasteiger partial charge in [-0.15, -0.1) is 11.8 Å². The molecule has 0 atom stereocenters. The molecule has 2 aromatic heterocycles. The second-order valence-corrected chi connectivity index (χ2v) is 8.29. The van der Waals surface area contributed by atoms with E-state index >= 15 is 0 Å². The number of nitrogens with zero attached hydrogens (tertiary/aromatic N) is 2. The van der Waals surface area contributed by atoms with Crippen molar-refractivity contribution in [1.29, 1.82) is 0 Å². The molecule has 2 aromatic carbocycles. The third kappa shape index (κ3) is 6.21. The molecule has 2 amide bonds. The summed E-state index contributed by atoms with van der Waals surface area (Å²) < 4.78 is 5.57. The molecular weight excluding hydrogens is 420 g/mol. The van der Waals surface area contributed by atoms with Crippen molar-refractivity contribution >= 4 is 23.5 Å². The lowest BCUT2D eigenvalue weighted by Gasteiger charge is -2.08. The van der Waals surface area contributed by atoms with Crippen LogP contribution < -0.4 is 10.6 Å². The molecule has 6 nitrogen and oxygen atoms in total. The smallest absolute Gasteiger partial charge is 0.319 e. The largest absolute Gasteiger partial charge is 0.444 e. The maximum atomic E-state index is 12.3. The molecular formula is C25H24N4O2S. The molecule has 4 aromatic rings. The van der Waals surface area contributed by atoms with Crippen LogP contribution in [0.1, 0.15) is 16.8 Å². The lowest BCUT2D eigenvalue weighted by atomic mass is 10.1. The number of thioether (sulfide) groups is 1. The standard InChI is InChI=1S/C25H24N4O2S/c1-18-8-10-20(11-9-18)24-28-22(16-31-24)12-14-27-25(30)29-21-6-4-5-19(15-21)17-32-23-7-2-3-13-26-23/h2-11,13,15-16H,12,14,17H2,1H3,(H2,27,29,30). The summed E-state index contributed by atoms with van der Waals surface area (Å²) in [5.74, 6) is 1.37. The van der Waals surface area contributed by atoms with Crippen LogP contribution in [0, 0.1) is 6.92 Å². The van der Waals surface area contributed by atoms with E-state index in [4.69, 9.17) is 4.42 Å². The Balaban J connectivity index is 1.23. The molecule has 162 valence electrons. The zero-order valence-electron chi connectivity index (χ0n) is 17.7. The van der Waals surface area contributed by atoms with Gasteiger partial charge in [-0.1, -0.05) is 35.9 Å². The lowest BCUT2D eigenvalue weighted by Crippen LogP contribution is -2.30. The Morgan fingerprint density at radius 3 is 2.75 bits per heavy atom. The van der Waals surface area contributed by atoms with Crippen molar-refractivity contribution in [2.24, 2.45) is 0 Å². The van der Waals surface area contributed by atoms with Gasteiger partial charge in [0.2, 0.25) is 5.89 Å². The van der Waals surface area contributed by atoms with Gasteiger partial charge in [0.25, 0.3) is 0 Å². The third-order valence-electron chi connectivity index (χ3n) is 4.73. The average molecular weight is 445 g/mol. The van der Waals surface area contributed by atoms with E-state index in [0.29, 0.717) is 18.9 Å². The van der Waals surface area contributed by atoms with E-state index < -0.39 is 0 Å². The minimum absolute atomic E-state index is 0.248. The predicted molar refractivity (Wildman–Crippen MR) is 128 cm³/mol. The van der Waals surface area contributed by atoms with E-state index in [-0.39, 0.29) is 6.03 Å². The fraction of sp³-hybridized carbons (Fsp3) is 0.160. The number of oxazole rings is 1. The lowest BCUT2D eigenvalue weighted by molar-refractivity contribution is 0.252. The van der Waals surface area contributed by atoms with Crippen molar-refractivity contribution in [2.75, 3.05) is 11.9 Å². The highest BCUT2D eigenvalue weighted by molar-refractivity contribution is 7.98. The van der Waals surface area contributed by atoms with Gasteiger partial charge >= 0.3 is 6.03 Å². The van der Waals surface area contributed by atoms with Crippen LogP contribution in [0.5, 0.6) is 0 Å². The van der Waals surface area contributed by atoms with E-state index in [0.717, 1.165) is 33.3 Å². The van der Waals surface area contributed by atoms with E-state index in [2.05, 4.69) is 20.6 Å². The van der Waals surface area contributed by atoms with Gasteiger partial charge in [-0.3, -0.25) is 0 Å². The second-order valence-electron chi connectivity index (χ2n) is 7.30. The number of hydrogen-bond donors (Lipinski definition) is 2. The minimum atomic E-state index is -0.248. The molecule has 32 heavy (non-hydrogen) atoms. The molecule has 0 saturated carbocycles. The van der Waals surface area contributed by atoms with Crippen LogP contribution >= 0.6 is 11.8 Å². The summed E-state index contributed by atoms with van der Waals surface area (Å²) in [5.41, 5.74) is 4.80. The first-order valence-corrected chi connectivity index (χ1v) is 11.3. The number of carbonyl (C=O) groups is 1. The second kappa shape index (κ2) is 10.6. The number of anilines is 1. The molecule has 0 spiro atoms. The Labute approximate surface area is 191 Å². The Morgan fingerprint density at radius 2 is 1.94 bits per heavy atom. The Kier molecular flexibility index (Phi) is 7.19. The topological polar surface area (TPSA) is 80.0 Å². The van der Waals surface area contributed by atoms with Crippen LogP contribution in [-0.4, -0.2) is 22.5 Å². The van der Waals surface area contributed by atoms with Crippen molar-refractivity contribution in [3.05, 3.63) is 96.0 Å². The fourth-order valence-corrected chi connectivity index (χ4v) is 3.86. The predicted octanol–water partition coefficient (Wildman–Crippen LogP) is 5.70. The Bertz CT molecular complexity index is 1160. The van der Waals surface area contributed by atoms with Crippen LogP contribution in [0.25, 0.3) is 11.5 Å². The first-order chi connectivity index (χ1) is 15.7. The summed E-state index contributed by atoms with van der Waals surface area (Å²) in [6.45, 7) is 2.50. The maximum Gasteiger partial charge on any atom is 0.319 e. The molecule has 0 unspecified atom stereocenters. The highest BCUT2D eigenvalue weighted by Gasteiger charge is 2.08. The van der Waals surface area contributed by atoms with Gasteiger partial charge in [-0.05, 0) is 48.9 Å². The Hall–Kier alpha value is -3.58. The first-order valence-electron chi connectivity index (χ1n) is 10.3. The molecule has 0 fully saturated rings. The molecule has 0 aliphatic heterocycles. The molecule has 2 heterocycles. The number of nitrogens with one attached hydrogen (secondary N) is 2. The number of pyridine rings is 1. The van der Waals surface area contributed by atoms with E-state index in [1.54, 1.807) is 24.2 Å². The average Bonchev–Trinajstić information content (AvgIpc) is 3.28. The van der Waals surface area contributed by atoms with Crippen molar-refractivity contribution < 1.29 is 9.21 Å². The molecule has 7 heteroatoms. The van der Waals surface area contributed by atoms with Gasteiger partial charge in [0, 0.05) is 36.2 Å². The monoisotopic (exact) mass is 444 g/mol. The van der Waals surface area contributed by atoms with Gasteiger partial charge in [-0.25, -0.2) is 14.8 Å². The summed E-state index contributed by atoms with van der Waals surface area (Å²) >= 11 is 1.66. The number of benzene rings is 2. The van der Waals surface area contributed by atoms with E-state index in [9.17, 15) is 4.79 Å². The summed E-state index contributed by atoms with van der Waals surface area (Å²) in [5, 5.41) is 6.72. The number of carbonyl (C=O) groups excluding carboxylic acids is 1. The van der Waals surface area contributed by atoms with Gasteiger partial charge < -0.3 is 15.1 Å². The van der Waals surface area contributed by atoms with Crippen molar-refractivity contribution in [3.8, 4) is 11.5 Å². The number of amides is 2. The SMILES string of the molecule is Cc1ccc(-c2nc(CCNC(=O)Nc3cccc(CSc4ccccn4)c3)co2)cc1. The minimum Gasteiger partial charge on any atom is -0.444 e. The van der Waals surface area contributed by atoms with Crippen LogP contribution in [0.3, 0.4) is 0 Å². The third-order valence-corrected chi connectivity index (χ3v) is 5.74. The first kappa shape index (κ1) is 21.6. The zero-order chi connectivity index (χ0) is 22.2. The number of aryl methyl sites for hydroxylation is 1. The summed E-state index contributed by atoms with van der Waals surface area (Å²) in [6, 6.07) is 21.5. The van der Waals surface area contributed by atoms with Gasteiger partial charge in [0.15, 0.2) is 0 Å². The maximum absolute atomic E-state index is 12.3. The van der Waals surface area contributed by atoms with E-state index in [1.807, 2.05) is 73.7 Å². The molecule has 0 radical (unpaired) electrons. The van der Waals surface area contributed by atoms with E-state index in [1.165, 1.54) is 5.56 Å². The summed E-state index contributed by atoms with van der Waals surface area (Å²) in [4.78, 5) is 21.1. The van der Waals surface area contributed by atoms with Crippen molar-refractivity contribution in [2.45, 2.75) is 24.1 Å². The quantitative estimate of drug-likeness (QED) is 0.341. The number of hydrogen-bond acceptors (Lipinski definition) is 5. The number of rotatable bonds is 8. The summed E-state index contributed by atoms with van der Waals surface area (Å²) in [6.07, 6.45) is 4.01. The normalized spacial score (nSPS) is 10.7. The summed E-state index contributed by atoms with van der Waals surface area (Å²) in [7, 11) is 0. The molecule has 0 saturated heterocycles. The van der Waals surface area contributed by atoms with Gasteiger partial charge in [-0.2, -0.15) is 0 Å². The van der Waals surface area contributed by atoms with Crippen molar-refractivity contribution in [3.63, 3.8) is 0 Å². The van der Waals surface area contributed by atoms with Crippen LogP contribution in [-0.2, 0) is 12.2 Å². The molecule has 0 bridgehead atoms. The molecule has 4 rings (SSSR count). The molecule has 0 aliphatic carbocycles. The van der Waals surface area contributed by atoms with Crippen LogP contribution in [0.15, 0.2) is 88.6 Å². The number of urea groups is 1. The van der Waals surface area contributed by atoms with Crippen LogP contribution in [0.2, 0.25) is 0 Å². The zero-order valence-corrected chi connectivity index (χ0v) is 18.6.